The molecule has 1 saturated heterocycles. The quantitative estimate of drug-likeness (QED) is 0.414. The van der Waals surface area contributed by atoms with Crippen LogP contribution in [0.2, 0.25) is 0 Å². The number of hydrogen-bond donors (Lipinski definition) is 2. The Kier molecular flexibility index (Phi) is 6.49. The third kappa shape index (κ3) is 5.67. The number of nitrogens with one attached hydrogen (secondary N) is 2. The van der Waals surface area contributed by atoms with Gasteiger partial charge in [-0.1, -0.05) is 5.92 Å². The van der Waals surface area contributed by atoms with Crippen molar-refractivity contribution in [1.82, 2.24) is 25.1 Å². The number of benzene rings is 1. The van der Waals surface area contributed by atoms with Crippen LogP contribution in [-0.2, 0) is 16.4 Å². The van der Waals surface area contributed by atoms with Crippen molar-refractivity contribution in [3.05, 3.63) is 72.4 Å². The van der Waals surface area contributed by atoms with Gasteiger partial charge in [0.2, 0.25) is 0 Å². The zero-order valence-electron chi connectivity index (χ0n) is 19.4. The zero-order chi connectivity index (χ0) is 24.3. The van der Waals surface area contributed by atoms with Gasteiger partial charge in [0.15, 0.2) is 9.84 Å². The van der Waals surface area contributed by atoms with Crippen molar-refractivity contribution in [3.63, 3.8) is 0 Å². The molecule has 0 amide bonds. The smallest absolute Gasteiger partial charge is 0.175 e. The maximum Gasteiger partial charge on any atom is 0.175 e. The first-order valence-electron chi connectivity index (χ1n) is 11.5. The molecule has 0 unspecified atom stereocenters. The van der Waals surface area contributed by atoms with Crippen LogP contribution in [0.25, 0.3) is 10.8 Å². The Morgan fingerprint density at radius 1 is 1.11 bits per heavy atom. The van der Waals surface area contributed by atoms with Gasteiger partial charge in [-0.05, 0) is 68.2 Å². The first-order valence-corrected chi connectivity index (χ1v) is 13.4. The molecule has 2 N–H and O–H groups in total. The van der Waals surface area contributed by atoms with Crippen molar-refractivity contribution in [2.45, 2.75) is 24.3 Å². The number of hydrogen-bond acceptors (Lipinski definition) is 7. The van der Waals surface area contributed by atoms with Crippen molar-refractivity contribution in [3.8, 4) is 11.8 Å². The van der Waals surface area contributed by atoms with Crippen LogP contribution in [0.5, 0.6) is 0 Å². The van der Waals surface area contributed by atoms with Crippen LogP contribution in [0.4, 0.5) is 11.5 Å². The van der Waals surface area contributed by atoms with E-state index in [9.17, 15) is 8.42 Å². The summed E-state index contributed by atoms with van der Waals surface area (Å²) in [5.74, 6) is 7.75. The lowest BCUT2D eigenvalue weighted by Crippen LogP contribution is -2.32. The Morgan fingerprint density at radius 2 is 1.91 bits per heavy atom. The number of anilines is 2. The molecule has 1 aliphatic rings. The number of likely N-dealkylation sites (tertiary alicyclic amines) is 1. The maximum atomic E-state index is 11.7. The monoisotopic (exact) mass is 486 g/mol. The molecule has 1 aromatic carbocycles. The van der Waals surface area contributed by atoms with Crippen LogP contribution in [0.1, 0.15) is 24.1 Å². The average Bonchev–Trinajstić information content (AvgIpc) is 3.36. The second kappa shape index (κ2) is 9.86. The number of sulfone groups is 1. The van der Waals surface area contributed by atoms with Crippen molar-refractivity contribution in [2.75, 3.05) is 24.7 Å². The van der Waals surface area contributed by atoms with Crippen LogP contribution in [-0.4, -0.2) is 52.8 Å². The van der Waals surface area contributed by atoms with Crippen LogP contribution in [0.3, 0.4) is 0 Å². The predicted octanol–water partition coefficient (Wildman–Crippen LogP) is 3.76. The summed E-state index contributed by atoms with van der Waals surface area (Å²) in [7, 11) is -3.23. The molecule has 3 aromatic heterocycles. The number of rotatable bonds is 5. The van der Waals surface area contributed by atoms with Gasteiger partial charge < -0.3 is 5.32 Å². The number of aromatic amines is 1. The third-order valence-electron chi connectivity index (χ3n) is 6.15. The van der Waals surface area contributed by atoms with Gasteiger partial charge in [-0.15, -0.1) is 0 Å². The molecule has 0 atom stereocenters. The van der Waals surface area contributed by atoms with Gasteiger partial charge in [0.25, 0.3) is 0 Å². The second-order valence-corrected chi connectivity index (χ2v) is 10.8. The largest absolute Gasteiger partial charge is 0.340 e. The molecule has 0 spiro atoms. The summed E-state index contributed by atoms with van der Waals surface area (Å²) >= 11 is 0. The topological polar surface area (TPSA) is 104 Å². The lowest BCUT2D eigenvalue weighted by atomic mass is 9.97. The Balaban J connectivity index is 1.29. The Labute approximate surface area is 204 Å². The van der Waals surface area contributed by atoms with Gasteiger partial charge in [-0.25, -0.2) is 18.4 Å². The molecule has 4 heterocycles. The fraction of sp³-hybridized carbons (Fsp3) is 0.269. The summed E-state index contributed by atoms with van der Waals surface area (Å²) in [5.41, 5.74) is 2.70. The van der Waals surface area contributed by atoms with E-state index in [1.165, 1.54) is 11.8 Å². The van der Waals surface area contributed by atoms with E-state index >= 15 is 0 Å². The molecule has 178 valence electrons. The molecule has 0 aliphatic carbocycles. The Morgan fingerprint density at radius 3 is 2.63 bits per heavy atom. The summed E-state index contributed by atoms with van der Waals surface area (Å²) in [4.78, 5) is 11.7. The molecule has 0 bridgehead atoms. The lowest BCUT2D eigenvalue weighted by Gasteiger charge is -2.29. The molecule has 9 heteroatoms. The van der Waals surface area contributed by atoms with Gasteiger partial charge in [0.05, 0.1) is 11.1 Å². The lowest BCUT2D eigenvalue weighted by molar-refractivity contribution is 0.199. The molecule has 0 saturated carbocycles. The molecular weight excluding hydrogens is 460 g/mol. The fourth-order valence-electron chi connectivity index (χ4n) is 4.19. The third-order valence-corrected chi connectivity index (χ3v) is 7.27. The maximum absolute atomic E-state index is 11.7. The van der Waals surface area contributed by atoms with E-state index in [-0.39, 0.29) is 4.90 Å². The van der Waals surface area contributed by atoms with Crippen molar-refractivity contribution in [2.24, 2.45) is 5.92 Å². The van der Waals surface area contributed by atoms with Gasteiger partial charge in [-0.2, -0.15) is 5.10 Å². The number of piperidine rings is 1. The van der Waals surface area contributed by atoms with Crippen molar-refractivity contribution < 1.29 is 8.42 Å². The number of nitrogens with zero attached hydrogens (tertiary/aromatic N) is 4. The molecule has 1 aliphatic heterocycles. The van der Waals surface area contributed by atoms with Gasteiger partial charge in [-0.3, -0.25) is 10.00 Å². The predicted molar refractivity (Wildman–Crippen MR) is 136 cm³/mol. The van der Waals surface area contributed by atoms with Gasteiger partial charge >= 0.3 is 0 Å². The van der Waals surface area contributed by atoms with Gasteiger partial charge in [0.1, 0.15) is 11.5 Å². The average molecular weight is 487 g/mol. The number of aromatic nitrogens is 4. The molecule has 35 heavy (non-hydrogen) atoms. The van der Waals surface area contributed by atoms with Crippen LogP contribution in [0.15, 0.2) is 66.1 Å². The highest BCUT2D eigenvalue weighted by Crippen LogP contribution is 2.23. The number of pyridine rings is 2. The number of H-pyrrole nitrogens is 1. The molecule has 8 nitrogen and oxygen atoms in total. The van der Waals surface area contributed by atoms with Crippen LogP contribution >= 0.6 is 0 Å². The zero-order valence-corrected chi connectivity index (χ0v) is 20.2. The van der Waals surface area contributed by atoms with Crippen LogP contribution < -0.4 is 5.32 Å². The summed E-state index contributed by atoms with van der Waals surface area (Å²) < 4.78 is 23.4. The molecule has 1 fully saturated rings. The summed E-state index contributed by atoms with van der Waals surface area (Å²) in [5, 5.41) is 12.0. The fourth-order valence-corrected chi connectivity index (χ4v) is 4.83. The van der Waals surface area contributed by atoms with Crippen molar-refractivity contribution >= 4 is 32.1 Å². The minimum Gasteiger partial charge on any atom is -0.340 e. The standard InChI is InChI=1S/C26H26N6O2S/c1-35(33,34)23-5-3-22(4-6-23)31-26-14-24-21(17-28-26)8-11-27-25(24)7-2-19-9-12-32(13-10-19)18-20-15-29-30-16-20/h3-6,8,11,14-17,19H,9-10,12-13,18H2,1H3,(H,28,31)(H,29,30). The van der Waals surface area contributed by atoms with E-state index in [0.29, 0.717) is 11.7 Å². The highest BCUT2D eigenvalue weighted by atomic mass is 32.2. The first-order chi connectivity index (χ1) is 16.9. The van der Waals surface area contributed by atoms with Crippen molar-refractivity contribution in [1.29, 1.82) is 0 Å². The van der Waals surface area contributed by atoms with E-state index < -0.39 is 9.84 Å². The Hall–Kier alpha value is -3.74. The minimum atomic E-state index is -3.23. The second-order valence-electron chi connectivity index (χ2n) is 8.80. The van der Waals surface area contributed by atoms with E-state index in [1.807, 2.05) is 24.5 Å². The molecular formula is C26H26N6O2S. The molecule has 5 rings (SSSR count). The van der Waals surface area contributed by atoms with Gasteiger partial charge in [0, 0.05) is 59.3 Å². The van der Waals surface area contributed by atoms with Crippen LogP contribution in [0, 0.1) is 17.8 Å². The normalized spacial score (nSPS) is 15.0. The molecule has 4 aromatic rings. The van der Waals surface area contributed by atoms with E-state index in [2.05, 4.69) is 42.2 Å². The van der Waals surface area contributed by atoms with E-state index in [4.69, 9.17) is 0 Å². The highest BCUT2D eigenvalue weighted by Gasteiger charge is 2.18. The first kappa shape index (κ1) is 23.0. The molecule has 0 radical (unpaired) electrons. The van der Waals surface area contributed by atoms with E-state index in [1.54, 1.807) is 36.7 Å². The SMILES string of the molecule is CS(=O)(=O)c1ccc(Nc2cc3c(C#CC4CCN(Cc5cn[nH]c5)CC4)nccc3cn2)cc1. The minimum absolute atomic E-state index is 0.281. The summed E-state index contributed by atoms with van der Waals surface area (Å²) in [6.45, 7) is 2.95. The van der Waals surface area contributed by atoms with E-state index in [0.717, 1.165) is 54.6 Å². The highest BCUT2D eigenvalue weighted by molar-refractivity contribution is 7.90. The summed E-state index contributed by atoms with van der Waals surface area (Å²) in [6.07, 6.45) is 10.6. The number of fused-ring (bicyclic) bond motifs is 1. The summed E-state index contributed by atoms with van der Waals surface area (Å²) in [6, 6.07) is 10.5. The Bertz CT molecular complexity index is 1480.